The standard InChI is InChI=1S/C16H23Cl2N4O10P/c1-9(23)30-13-11(8-29-33(27,28)21(5-3-17)6-4-18)32-15(14(13)31-10(2)24)22-16(26)20-12(25)7-19-22/h7,11,13-15H,3-6,8H2,1-2H3,(H,27,28)(H,20,25,26). The van der Waals surface area contributed by atoms with E-state index in [0.717, 1.165) is 24.7 Å². The SMILES string of the molecule is CC(=O)OC1C(COP(=O)(O)N(CCCl)CCCl)OC(n2ncc(=O)[nH]c2=O)C1OC(C)=O. The number of ether oxygens (including phenoxy) is 3. The third kappa shape index (κ3) is 7.34. The number of hydrogen-bond acceptors (Lipinski definition) is 10. The highest BCUT2D eigenvalue weighted by molar-refractivity contribution is 7.50. The van der Waals surface area contributed by atoms with Crippen LogP contribution in [0.2, 0.25) is 0 Å². The number of aromatic nitrogens is 3. The van der Waals surface area contributed by atoms with Crippen molar-refractivity contribution in [3.63, 3.8) is 0 Å². The van der Waals surface area contributed by atoms with Crippen LogP contribution in [0.15, 0.2) is 15.8 Å². The summed E-state index contributed by atoms with van der Waals surface area (Å²) in [5, 5.41) is 3.67. The number of halogens is 2. The average molecular weight is 533 g/mol. The summed E-state index contributed by atoms with van der Waals surface area (Å²) in [4.78, 5) is 59.2. The molecule has 0 aromatic carbocycles. The Morgan fingerprint density at radius 2 is 1.79 bits per heavy atom. The Morgan fingerprint density at radius 1 is 1.21 bits per heavy atom. The minimum Gasteiger partial charge on any atom is -0.456 e. The van der Waals surface area contributed by atoms with Gasteiger partial charge in [-0.2, -0.15) is 9.78 Å². The first-order valence-corrected chi connectivity index (χ1v) is 12.1. The predicted molar refractivity (Wildman–Crippen MR) is 113 cm³/mol. The van der Waals surface area contributed by atoms with Crippen molar-refractivity contribution in [2.45, 2.75) is 38.4 Å². The molecule has 5 atom stereocenters. The van der Waals surface area contributed by atoms with E-state index in [9.17, 15) is 28.6 Å². The quantitative estimate of drug-likeness (QED) is 0.214. The molecule has 2 heterocycles. The molecule has 33 heavy (non-hydrogen) atoms. The third-order valence-electron chi connectivity index (χ3n) is 4.32. The normalized spacial score (nSPS) is 24.4. The molecule has 1 fully saturated rings. The summed E-state index contributed by atoms with van der Waals surface area (Å²) in [6.07, 6.45) is -4.66. The van der Waals surface area contributed by atoms with Crippen molar-refractivity contribution >= 4 is 42.9 Å². The molecule has 1 aliphatic rings. The molecule has 17 heteroatoms. The molecule has 2 rings (SSSR count). The van der Waals surface area contributed by atoms with Crippen LogP contribution in [0.4, 0.5) is 0 Å². The van der Waals surface area contributed by atoms with Crippen molar-refractivity contribution < 1.29 is 37.8 Å². The number of nitrogens with zero attached hydrogens (tertiary/aromatic N) is 3. The van der Waals surface area contributed by atoms with E-state index < -0.39 is 62.1 Å². The third-order valence-corrected chi connectivity index (χ3v) is 6.26. The summed E-state index contributed by atoms with van der Waals surface area (Å²) in [5.74, 6) is -1.53. The van der Waals surface area contributed by atoms with Gasteiger partial charge in [0.05, 0.1) is 6.61 Å². The molecule has 14 nitrogen and oxygen atoms in total. The Hall–Kier alpha value is -1.80. The summed E-state index contributed by atoms with van der Waals surface area (Å²) in [6, 6.07) is 0. The smallest absolute Gasteiger partial charge is 0.405 e. The number of H-pyrrole nitrogens is 1. The van der Waals surface area contributed by atoms with Gasteiger partial charge in [-0.15, -0.1) is 23.2 Å². The summed E-state index contributed by atoms with van der Waals surface area (Å²) >= 11 is 11.3. The maximum atomic E-state index is 12.7. The number of hydrogen-bond donors (Lipinski definition) is 2. The summed E-state index contributed by atoms with van der Waals surface area (Å²) in [6.45, 7) is 1.54. The van der Waals surface area contributed by atoms with Crippen LogP contribution in [0.25, 0.3) is 0 Å². The first kappa shape index (κ1) is 27.4. The Labute approximate surface area is 197 Å². The second kappa shape index (κ2) is 12.1. The average Bonchev–Trinajstić information content (AvgIpc) is 3.02. The van der Waals surface area contributed by atoms with Crippen molar-refractivity contribution in [2.24, 2.45) is 0 Å². The van der Waals surface area contributed by atoms with Gasteiger partial charge in [0.25, 0.3) is 5.56 Å². The molecule has 0 spiro atoms. The molecular formula is C16H23Cl2N4O10P. The zero-order valence-electron chi connectivity index (χ0n) is 17.6. The van der Waals surface area contributed by atoms with E-state index in [1.807, 2.05) is 4.98 Å². The van der Waals surface area contributed by atoms with Gasteiger partial charge in [0.1, 0.15) is 12.3 Å². The molecule has 0 radical (unpaired) electrons. The van der Waals surface area contributed by atoms with E-state index in [0.29, 0.717) is 4.68 Å². The van der Waals surface area contributed by atoms with Crippen LogP contribution in [-0.2, 0) is 32.9 Å². The van der Waals surface area contributed by atoms with E-state index in [-0.39, 0.29) is 24.8 Å². The molecule has 1 saturated heterocycles. The van der Waals surface area contributed by atoms with Crippen molar-refractivity contribution in [2.75, 3.05) is 31.5 Å². The number of aromatic amines is 1. The molecule has 0 amide bonds. The van der Waals surface area contributed by atoms with Crippen molar-refractivity contribution in [3.8, 4) is 0 Å². The molecular weight excluding hydrogens is 510 g/mol. The largest absolute Gasteiger partial charge is 0.456 e. The van der Waals surface area contributed by atoms with Crippen LogP contribution in [0.1, 0.15) is 20.1 Å². The van der Waals surface area contributed by atoms with Gasteiger partial charge in [0, 0.05) is 38.7 Å². The molecule has 0 aliphatic carbocycles. The highest BCUT2D eigenvalue weighted by Crippen LogP contribution is 2.47. The van der Waals surface area contributed by atoms with E-state index in [2.05, 4.69) is 5.10 Å². The summed E-state index contributed by atoms with van der Waals surface area (Å²) in [5.41, 5.74) is -1.77. The Morgan fingerprint density at radius 3 is 2.30 bits per heavy atom. The summed E-state index contributed by atoms with van der Waals surface area (Å²) in [7, 11) is -4.40. The van der Waals surface area contributed by atoms with Crippen molar-refractivity contribution in [3.05, 3.63) is 27.0 Å². The molecule has 186 valence electrons. The molecule has 2 N–H and O–H groups in total. The van der Waals surface area contributed by atoms with E-state index in [1.54, 1.807) is 0 Å². The van der Waals surface area contributed by atoms with Gasteiger partial charge in [-0.25, -0.2) is 14.0 Å². The van der Waals surface area contributed by atoms with Gasteiger partial charge < -0.3 is 19.1 Å². The lowest BCUT2D eigenvalue weighted by molar-refractivity contribution is -0.166. The number of nitrogens with one attached hydrogen (secondary N) is 1. The lowest BCUT2D eigenvalue weighted by Gasteiger charge is -2.27. The zero-order valence-corrected chi connectivity index (χ0v) is 20.0. The Kier molecular flexibility index (Phi) is 10.0. The first-order chi connectivity index (χ1) is 15.5. The minimum absolute atomic E-state index is 0.00363. The van der Waals surface area contributed by atoms with E-state index in [4.69, 9.17) is 41.9 Å². The summed E-state index contributed by atoms with van der Waals surface area (Å²) < 4.78 is 35.7. The molecule has 1 aromatic rings. The number of esters is 2. The van der Waals surface area contributed by atoms with E-state index in [1.165, 1.54) is 0 Å². The zero-order chi connectivity index (χ0) is 24.8. The maximum absolute atomic E-state index is 12.7. The molecule has 0 saturated carbocycles. The number of alkyl halides is 2. The van der Waals surface area contributed by atoms with Crippen LogP contribution in [0.5, 0.6) is 0 Å². The molecule has 1 aliphatic heterocycles. The highest BCUT2D eigenvalue weighted by atomic mass is 35.5. The van der Waals surface area contributed by atoms with E-state index >= 15 is 0 Å². The van der Waals surface area contributed by atoms with Crippen molar-refractivity contribution in [1.82, 2.24) is 19.4 Å². The minimum atomic E-state index is -4.40. The van der Waals surface area contributed by atoms with Crippen LogP contribution in [0, 0.1) is 0 Å². The van der Waals surface area contributed by atoms with Gasteiger partial charge in [-0.05, 0) is 0 Å². The Balaban J connectivity index is 2.36. The highest BCUT2D eigenvalue weighted by Gasteiger charge is 2.51. The van der Waals surface area contributed by atoms with Gasteiger partial charge in [-0.1, -0.05) is 0 Å². The fraction of sp³-hybridized carbons (Fsp3) is 0.688. The van der Waals surface area contributed by atoms with Gasteiger partial charge in [0.2, 0.25) is 0 Å². The second-order valence-electron chi connectivity index (χ2n) is 6.71. The van der Waals surface area contributed by atoms with Gasteiger partial charge in [0.15, 0.2) is 18.4 Å². The van der Waals surface area contributed by atoms with Gasteiger partial charge >= 0.3 is 25.4 Å². The molecule has 0 bridgehead atoms. The maximum Gasteiger partial charge on any atom is 0.405 e. The number of rotatable bonds is 11. The first-order valence-electron chi connectivity index (χ1n) is 9.53. The lowest BCUT2D eigenvalue weighted by atomic mass is 10.1. The van der Waals surface area contributed by atoms with Crippen LogP contribution in [0.3, 0.4) is 0 Å². The lowest BCUT2D eigenvalue weighted by Crippen LogP contribution is -2.43. The second-order valence-corrected chi connectivity index (χ2v) is 9.28. The monoisotopic (exact) mass is 532 g/mol. The topological polar surface area (TPSA) is 179 Å². The Bertz CT molecular complexity index is 998. The van der Waals surface area contributed by atoms with Crippen LogP contribution in [-0.4, -0.2) is 86.0 Å². The fourth-order valence-corrected chi connectivity index (χ4v) is 4.90. The number of carbonyl (C=O) groups is 2. The molecule has 5 unspecified atom stereocenters. The van der Waals surface area contributed by atoms with Crippen molar-refractivity contribution in [1.29, 1.82) is 0 Å². The van der Waals surface area contributed by atoms with Gasteiger partial charge in [-0.3, -0.25) is 23.9 Å². The van der Waals surface area contributed by atoms with Crippen LogP contribution >= 0.6 is 30.9 Å². The molecule has 1 aromatic heterocycles. The predicted octanol–water partition coefficient (Wildman–Crippen LogP) is -0.411. The number of carbonyl (C=O) groups excluding carboxylic acids is 2. The van der Waals surface area contributed by atoms with Crippen LogP contribution < -0.4 is 11.2 Å². The fourth-order valence-electron chi connectivity index (χ4n) is 3.05.